The number of hydrogen-bond acceptors (Lipinski definition) is 7. The molecule has 33 heavy (non-hydrogen) atoms. The summed E-state index contributed by atoms with van der Waals surface area (Å²) < 4.78 is 25.0. The van der Waals surface area contributed by atoms with Crippen LogP contribution in [0.1, 0.15) is 41.8 Å². The van der Waals surface area contributed by atoms with Crippen LogP contribution >= 0.6 is 0 Å². The molecule has 9 heteroatoms. The van der Waals surface area contributed by atoms with Crippen molar-refractivity contribution in [1.82, 2.24) is 15.0 Å². The first-order valence-electron chi connectivity index (χ1n) is 11.2. The van der Waals surface area contributed by atoms with Gasteiger partial charge in [-0.1, -0.05) is 18.2 Å². The van der Waals surface area contributed by atoms with Gasteiger partial charge in [0.05, 0.1) is 0 Å². The van der Waals surface area contributed by atoms with Crippen molar-refractivity contribution >= 4 is 31.3 Å². The van der Waals surface area contributed by atoms with Gasteiger partial charge in [-0.2, -0.15) is 0 Å². The Hall–Kier alpha value is -2.51. The molecule has 4 rings (SSSR count). The molecule has 1 saturated heterocycles. The van der Waals surface area contributed by atoms with E-state index < -0.39 is 15.3 Å². The van der Waals surface area contributed by atoms with Gasteiger partial charge in [-0.25, -0.2) is 0 Å². The Morgan fingerprint density at radius 1 is 1.12 bits per heavy atom. The Labute approximate surface area is 198 Å². The van der Waals surface area contributed by atoms with Gasteiger partial charge in [0.1, 0.15) is 0 Å². The van der Waals surface area contributed by atoms with E-state index >= 15 is 0 Å². The normalized spacial score (nSPS) is 15.2. The van der Waals surface area contributed by atoms with Crippen LogP contribution in [-0.2, 0) is 6.42 Å². The molecule has 0 saturated carbocycles. The molecule has 174 valence electrons. The molecule has 1 amide bonds. The zero-order valence-corrected chi connectivity index (χ0v) is 20.5. The summed E-state index contributed by atoms with van der Waals surface area (Å²) in [4.78, 5) is 21.9. The number of rotatable bonds is 8. The Kier molecular flexibility index (Phi) is 7.93. The molecule has 1 fully saturated rings. The number of hydrogen-bond donors (Lipinski definition) is 2. The van der Waals surface area contributed by atoms with Gasteiger partial charge in [0.25, 0.3) is 0 Å². The van der Waals surface area contributed by atoms with E-state index in [0.717, 1.165) is 38.0 Å². The molecule has 1 aliphatic heterocycles. The van der Waals surface area contributed by atoms with Gasteiger partial charge in [-0.3, -0.25) is 0 Å². The molecule has 0 radical (unpaired) electrons. The second-order valence-corrected chi connectivity index (χ2v) is 10.6. The second-order valence-electron chi connectivity index (χ2n) is 8.27. The summed E-state index contributed by atoms with van der Waals surface area (Å²) in [5.41, 5.74) is 1.72. The van der Waals surface area contributed by atoms with Crippen molar-refractivity contribution in [2.75, 3.05) is 31.1 Å². The number of nitrogens with zero attached hydrogens (tertiary/aromatic N) is 4. The third-order valence-electron chi connectivity index (χ3n) is 6.09. The molecule has 2 heterocycles. The topological polar surface area (TPSA) is 103 Å². The fourth-order valence-corrected chi connectivity index (χ4v) is 4.99. The fraction of sp³-hybridized carbons (Fsp3) is 0.375. The van der Waals surface area contributed by atoms with Crippen LogP contribution in [0.25, 0.3) is 0 Å². The van der Waals surface area contributed by atoms with Crippen molar-refractivity contribution in [2.24, 2.45) is 5.92 Å². The number of aromatic nitrogens is 2. The first kappa shape index (κ1) is 23.6. The van der Waals surface area contributed by atoms with E-state index in [1.54, 1.807) is 29.2 Å². The van der Waals surface area contributed by atoms with E-state index in [0.29, 0.717) is 34.8 Å². The van der Waals surface area contributed by atoms with Crippen LogP contribution in [0, 0.1) is 5.92 Å². The summed E-state index contributed by atoms with van der Waals surface area (Å²) >= 11 is -2.96. The summed E-state index contributed by atoms with van der Waals surface area (Å²) in [5.74, 6) is 0.482. The number of carbonyl (C=O) groups excluding carboxylic acids is 1. The van der Waals surface area contributed by atoms with Gasteiger partial charge in [-0.15, -0.1) is 0 Å². The maximum absolute atomic E-state index is 13.5. The number of anilines is 1. The van der Waals surface area contributed by atoms with E-state index in [1.807, 2.05) is 30.3 Å². The van der Waals surface area contributed by atoms with Crippen molar-refractivity contribution in [2.45, 2.75) is 26.2 Å². The summed E-state index contributed by atoms with van der Waals surface area (Å²) in [7, 11) is 0. The number of amides is 1. The minimum atomic E-state index is -2.96. The van der Waals surface area contributed by atoms with Crippen LogP contribution in [0.15, 0.2) is 59.1 Å². The van der Waals surface area contributed by atoms with Gasteiger partial charge in [-0.05, 0) is 0 Å². The summed E-state index contributed by atoms with van der Waals surface area (Å²) in [5, 5.41) is 3.96. The Bertz CT molecular complexity index is 1030. The van der Waals surface area contributed by atoms with Gasteiger partial charge < -0.3 is 0 Å². The molecular formula is C24H29AsN4O4. The molecule has 1 aliphatic rings. The van der Waals surface area contributed by atoms with Gasteiger partial charge in [0, 0.05) is 0 Å². The van der Waals surface area contributed by atoms with E-state index in [1.165, 1.54) is 0 Å². The number of benzene rings is 2. The molecule has 0 spiro atoms. The van der Waals surface area contributed by atoms with Crippen molar-refractivity contribution < 1.29 is 17.5 Å². The van der Waals surface area contributed by atoms with Gasteiger partial charge in [0.2, 0.25) is 0 Å². The van der Waals surface area contributed by atoms with Crippen molar-refractivity contribution in [3.05, 3.63) is 71.9 Å². The average Bonchev–Trinajstić information content (AvgIpc) is 3.31. The Morgan fingerprint density at radius 3 is 2.45 bits per heavy atom. The zero-order chi connectivity index (χ0) is 23.2. The summed E-state index contributed by atoms with van der Waals surface area (Å²) in [6.45, 7) is 5.80. The molecule has 1 aromatic heterocycles. The van der Waals surface area contributed by atoms with Crippen molar-refractivity contribution in [1.29, 1.82) is 0 Å². The van der Waals surface area contributed by atoms with E-state index in [2.05, 4.69) is 22.0 Å². The molecule has 0 atom stereocenters. The van der Waals surface area contributed by atoms with Crippen molar-refractivity contribution in [3.8, 4) is 0 Å². The Morgan fingerprint density at radius 2 is 1.82 bits per heavy atom. The van der Waals surface area contributed by atoms with Crippen LogP contribution in [0.5, 0.6) is 0 Å². The van der Waals surface area contributed by atoms with E-state index in [9.17, 15) is 13.0 Å². The zero-order valence-electron chi connectivity index (χ0n) is 18.7. The molecule has 0 unspecified atom stereocenters. The van der Waals surface area contributed by atoms with Crippen LogP contribution in [-0.4, -0.2) is 70.7 Å². The molecule has 8 nitrogen and oxygen atoms in total. The third-order valence-corrected chi connectivity index (χ3v) is 7.68. The van der Waals surface area contributed by atoms with Crippen molar-refractivity contribution in [3.63, 3.8) is 0 Å². The quantitative estimate of drug-likeness (QED) is 0.443. The maximum atomic E-state index is 13.5. The van der Waals surface area contributed by atoms with Crippen LogP contribution in [0.4, 0.5) is 5.69 Å². The SMILES string of the molecule is CCN1CCC(CN(C(=O)c2noc(Cc3ccccc3)n2)c2ccc([As](O)O)cc2)CC1. The first-order chi connectivity index (χ1) is 16.0. The van der Waals surface area contributed by atoms with Gasteiger partial charge >= 0.3 is 181 Å². The average molecular weight is 512 g/mol. The predicted octanol–water partition coefficient (Wildman–Crippen LogP) is 1.72. The van der Waals surface area contributed by atoms with Crippen LogP contribution < -0.4 is 9.25 Å². The van der Waals surface area contributed by atoms with E-state index in [4.69, 9.17) is 4.52 Å². The van der Waals surface area contributed by atoms with Crippen LogP contribution in [0.2, 0.25) is 0 Å². The number of piperidine rings is 1. The van der Waals surface area contributed by atoms with E-state index in [-0.39, 0.29) is 11.7 Å². The fourth-order valence-electron chi connectivity index (χ4n) is 4.12. The summed E-state index contributed by atoms with van der Waals surface area (Å²) in [6.07, 6.45) is 2.50. The molecule has 0 bridgehead atoms. The standard InChI is InChI=1S/C24H29AsN4O4/c1-2-28-14-12-19(13-15-28)17-29(21-10-8-20(9-11-21)25(31)32)24(30)23-26-22(33-27-23)16-18-6-4-3-5-7-18/h3-11,19,31-32H,2,12-17H2,1H3. The predicted molar refractivity (Wildman–Crippen MR) is 126 cm³/mol. The summed E-state index contributed by atoms with van der Waals surface area (Å²) in [6, 6.07) is 16.6. The molecule has 2 aromatic carbocycles. The Balaban J connectivity index is 1.54. The molecule has 3 aromatic rings. The van der Waals surface area contributed by atoms with Gasteiger partial charge in [0.15, 0.2) is 0 Å². The van der Waals surface area contributed by atoms with Crippen LogP contribution in [0.3, 0.4) is 0 Å². The number of carbonyl (C=O) groups is 1. The third kappa shape index (κ3) is 6.09. The molecule has 2 N–H and O–H groups in total. The minimum absolute atomic E-state index is 0.0352. The second kappa shape index (κ2) is 11.1. The molecular weight excluding hydrogens is 483 g/mol. The molecule has 0 aliphatic carbocycles. The first-order valence-corrected chi connectivity index (χ1v) is 13.8. The number of likely N-dealkylation sites (tertiary alicyclic amines) is 1. The monoisotopic (exact) mass is 512 g/mol.